The molecular formula is C29H29BrN2O7S. The number of rotatable bonds is 10. The first-order chi connectivity index (χ1) is 19.3. The van der Waals surface area contributed by atoms with E-state index in [2.05, 4.69) is 27.5 Å². The van der Waals surface area contributed by atoms with Gasteiger partial charge < -0.3 is 23.7 Å². The Balaban J connectivity index is 1.93. The number of methoxy groups -OCH3 is 3. The van der Waals surface area contributed by atoms with Gasteiger partial charge in [0, 0.05) is 0 Å². The van der Waals surface area contributed by atoms with Crippen LogP contribution in [0.4, 0.5) is 0 Å². The van der Waals surface area contributed by atoms with Crippen molar-refractivity contribution in [3.8, 4) is 23.0 Å². The molecule has 4 rings (SSSR count). The summed E-state index contributed by atoms with van der Waals surface area (Å²) in [7, 11) is 4.61. The van der Waals surface area contributed by atoms with Crippen LogP contribution in [0.1, 0.15) is 31.0 Å². The molecule has 210 valence electrons. The highest BCUT2D eigenvalue weighted by Crippen LogP contribution is 2.38. The van der Waals surface area contributed by atoms with Gasteiger partial charge in [-0.15, -0.1) is 0 Å². The van der Waals surface area contributed by atoms with Gasteiger partial charge in [-0.05, 0) is 71.2 Å². The van der Waals surface area contributed by atoms with Crippen LogP contribution in [0.5, 0.6) is 23.0 Å². The molecular weight excluding hydrogens is 600 g/mol. The van der Waals surface area contributed by atoms with Crippen LogP contribution in [0.25, 0.3) is 6.08 Å². The second kappa shape index (κ2) is 12.6. The maximum absolute atomic E-state index is 13.9. The predicted molar refractivity (Wildman–Crippen MR) is 156 cm³/mol. The maximum atomic E-state index is 13.9. The number of benzene rings is 2. The molecule has 1 atom stereocenters. The molecule has 0 spiro atoms. The van der Waals surface area contributed by atoms with Gasteiger partial charge in [0.05, 0.1) is 54.3 Å². The topological polar surface area (TPSA) is 97.6 Å². The third-order valence-corrected chi connectivity index (χ3v) is 7.71. The van der Waals surface area contributed by atoms with Crippen molar-refractivity contribution in [1.82, 2.24) is 4.57 Å². The highest BCUT2D eigenvalue weighted by atomic mass is 79.9. The van der Waals surface area contributed by atoms with Crippen LogP contribution < -0.4 is 33.8 Å². The molecule has 0 bridgehead atoms. The lowest BCUT2D eigenvalue weighted by Gasteiger charge is -2.25. The Bertz CT molecular complexity index is 1670. The van der Waals surface area contributed by atoms with Gasteiger partial charge >= 0.3 is 5.97 Å². The number of fused-ring (bicyclic) bond motifs is 1. The third kappa shape index (κ3) is 5.57. The minimum absolute atomic E-state index is 0.182. The lowest BCUT2D eigenvalue weighted by atomic mass is 9.95. The highest BCUT2D eigenvalue weighted by Gasteiger charge is 2.34. The van der Waals surface area contributed by atoms with Crippen LogP contribution in [-0.2, 0) is 9.53 Å². The Morgan fingerprint density at radius 1 is 1.12 bits per heavy atom. The summed E-state index contributed by atoms with van der Waals surface area (Å²) in [4.78, 5) is 32.2. The summed E-state index contributed by atoms with van der Waals surface area (Å²) >= 11 is 4.76. The van der Waals surface area contributed by atoms with Gasteiger partial charge in [-0.1, -0.05) is 30.1 Å². The highest BCUT2D eigenvalue weighted by molar-refractivity contribution is 9.10. The molecule has 1 aliphatic heterocycles. The lowest BCUT2D eigenvalue weighted by molar-refractivity contribution is -0.139. The quantitative estimate of drug-likeness (QED) is 0.246. The molecule has 3 aromatic rings. The van der Waals surface area contributed by atoms with E-state index in [9.17, 15) is 9.59 Å². The van der Waals surface area contributed by atoms with Gasteiger partial charge in [0.2, 0.25) is 0 Å². The first-order valence-corrected chi connectivity index (χ1v) is 13.9. The number of carbonyl (C=O) groups is 1. The summed E-state index contributed by atoms with van der Waals surface area (Å²) in [5.41, 5.74) is 1.81. The van der Waals surface area contributed by atoms with Gasteiger partial charge in [-0.2, -0.15) is 0 Å². The Hall–Kier alpha value is -3.83. The standard InChI is InChI=1S/C29H29BrN2O7S/c1-7-11-39-26-19(30)12-17(13-22(26)37-6)14-23-27(33)32-25(18-9-10-20(35-4)21(15-18)36-5)24(28(34)38-8-2)16(3)31-29(32)40-23/h7,9-10,12-15,25H,1,8,11H2,2-6H3/b23-14-/t25-/m1/s1. The Morgan fingerprint density at radius 2 is 1.85 bits per heavy atom. The fourth-order valence-electron chi connectivity index (χ4n) is 4.39. The van der Waals surface area contributed by atoms with Crippen LogP contribution in [0, 0.1) is 0 Å². The largest absolute Gasteiger partial charge is 0.493 e. The summed E-state index contributed by atoms with van der Waals surface area (Å²) in [5.74, 6) is 1.48. The zero-order valence-electron chi connectivity index (χ0n) is 22.8. The van der Waals surface area contributed by atoms with Gasteiger partial charge in [0.15, 0.2) is 27.8 Å². The number of halogens is 1. The minimum Gasteiger partial charge on any atom is -0.493 e. The molecule has 0 amide bonds. The molecule has 2 heterocycles. The van der Waals surface area contributed by atoms with E-state index in [1.807, 2.05) is 6.07 Å². The van der Waals surface area contributed by atoms with E-state index in [0.29, 0.717) is 60.2 Å². The number of hydrogen-bond donors (Lipinski definition) is 0. The van der Waals surface area contributed by atoms with Crippen LogP contribution in [-0.4, -0.2) is 45.1 Å². The zero-order chi connectivity index (χ0) is 29.0. The first-order valence-electron chi connectivity index (χ1n) is 12.3. The van der Waals surface area contributed by atoms with Crippen LogP contribution >= 0.6 is 27.3 Å². The van der Waals surface area contributed by atoms with E-state index in [1.54, 1.807) is 64.5 Å². The van der Waals surface area contributed by atoms with E-state index in [-0.39, 0.29) is 17.7 Å². The van der Waals surface area contributed by atoms with Crippen molar-refractivity contribution in [1.29, 1.82) is 0 Å². The fourth-order valence-corrected chi connectivity index (χ4v) is 6.01. The van der Waals surface area contributed by atoms with E-state index in [4.69, 9.17) is 23.7 Å². The van der Waals surface area contributed by atoms with E-state index in [0.717, 1.165) is 0 Å². The number of thiazole rings is 1. The van der Waals surface area contributed by atoms with Crippen molar-refractivity contribution in [3.63, 3.8) is 0 Å². The maximum Gasteiger partial charge on any atom is 0.338 e. The molecule has 11 heteroatoms. The van der Waals surface area contributed by atoms with E-state index in [1.165, 1.54) is 23.0 Å². The molecule has 0 radical (unpaired) electrons. The van der Waals surface area contributed by atoms with Crippen LogP contribution in [0.15, 0.2) is 68.5 Å². The second-order valence-corrected chi connectivity index (χ2v) is 10.4. The number of nitrogens with zero attached hydrogens (tertiary/aromatic N) is 2. The van der Waals surface area contributed by atoms with Gasteiger partial charge in [0.1, 0.15) is 6.61 Å². The summed E-state index contributed by atoms with van der Waals surface area (Å²) in [5, 5.41) is 0. The Morgan fingerprint density at radius 3 is 2.50 bits per heavy atom. The van der Waals surface area contributed by atoms with Crippen molar-refractivity contribution in [3.05, 3.63) is 89.5 Å². The van der Waals surface area contributed by atoms with Crippen molar-refractivity contribution in [2.24, 2.45) is 4.99 Å². The number of ether oxygens (including phenoxy) is 5. The van der Waals surface area contributed by atoms with Crippen molar-refractivity contribution in [2.75, 3.05) is 34.5 Å². The SMILES string of the molecule is C=CCOc1c(Br)cc(/C=c2\sc3n(c2=O)[C@H](c2ccc(OC)c(OC)c2)C(C(=O)OCC)=C(C)N=3)cc1OC. The average molecular weight is 630 g/mol. The van der Waals surface area contributed by atoms with E-state index < -0.39 is 12.0 Å². The van der Waals surface area contributed by atoms with E-state index >= 15 is 0 Å². The van der Waals surface area contributed by atoms with Crippen molar-refractivity contribution < 1.29 is 28.5 Å². The molecule has 0 unspecified atom stereocenters. The zero-order valence-corrected chi connectivity index (χ0v) is 25.2. The van der Waals surface area contributed by atoms with Crippen LogP contribution in [0.2, 0.25) is 0 Å². The fraction of sp³-hybridized carbons (Fsp3) is 0.276. The van der Waals surface area contributed by atoms with Gasteiger partial charge in [-0.3, -0.25) is 9.36 Å². The summed E-state index contributed by atoms with van der Waals surface area (Å²) < 4.78 is 30.1. The molecule has 1 aromatic heterocycles. The van der Waals surface area contributed by atoms with Crippen LogP contribution in [0.3, 0.4) is 0 Å². The molecule has 1 aliphatic rings. The average Bonchev–Trinajstić information content (AvgIpc) is 3.24. The Kier molecular flexibility index (Phi) is 9.16. The van der Waals surface area contributed by atoms with Gasteiger partial charge in [0.25, 0.3) is 5.56 Å². The minimum atomic E-state index is -0.784. The number of carbonyl (C=O) groups excluding carboxylic acids is 1. The molecule has 0 aliphatic carbocycles. The monoisotopic (exact) mass is 628 g/mol. The van der Waals surface area contributed by atoms with Crippen molar-refractivity contribution >= 4 is 39.3 Å². The lowest BCUT2D eigenvalue weighted by Crippen LogP contribution is -2.40. The summed E-state index contributed by atoms with van der Waals surface area (Å²) in [6, 6.07) is 8.12. The molecule has 0 fully saturated rings. The normalized spacial score (nSPS) is 14.8. The third-order valence-electron chi connectivity index (χ3n) is 6.14. The summed E-state index contributed by atoms with van der Waals surface area (Å²) in [6.45, 7) is 7.64. The molecule has 0 saturated heterocycles. The van der Waals surface area contributed by atoms with Crippen molar-refractivity contribution in [2.45, 2.75) is 19.9 Å². The smallest absolute Gasteiger partial charge is 0.338 e. The summed E-state index contributed by atoms with van der Waals surface area (Å²) in [6.07, 6.45) is 3.39. The molecule has 40 heavy (non-hydrogen) atoms. The first kappa shape index (κ1) is 29.2. The molecule has 0 N–H and O–H groups in total. The number of allylic oxidation sites excluding steroid dienone is 1. The molecule has 0 saturated carbocycles. The number of esters is 1. The molecule has 9 nitrogen and oxygen atoms in total. The predicted octanol–water partition coefficient (Wildman–Crippen LogP) is 4.15. The van der Waals surface area contributed by atoms with Gasteiger partial charge in [-0.25, -0.2) is 9.79 Å². The molecule has 2 aromatic carbocycles. The number of hydrogen-bond acceptors (Lipinski definition) is 9. The number of aromatic nitrogens is 1. The Labute approximate surface area is 243 Å². The second-order valence-electron chi connectivity index (χ2n) is 8.55.